The number of hydrogen-bond acceptors (Lipinski definition) is 2. The lowest BCUT2D eigenvalue weighted by atomic mass is 10.0. The fourth-order valence-electron chi connectivity index (χ4n) is 2.17. The van der Waals surface area contributed by atoms with Crippen molar-refractivity contribution in [3.05, 3.63) is 0 Å². The first-order valence-corrected chi connectivity index (χ1v) is 5.73. The Hall–Kier alpha value is 0.170. The SMILES string of the molecule is OC1CC2CCCC(CC1(F)F)S2. The summed E-state index contributed by atoms with van der Waals surface area (Å²) in [7, 11) is 0. The van der Waals surface area contributed by atoms with E-state index in [0.717, 1.165) is 19.3 Å². The van der Waals surface area contributed by atoms with Gasteiger partial charge in [-0.15, -0.1) is 0 Å². The average Bonchev–Trinajstić information content (AvgIpc) is 2.09. The number of aliphatic hydroxyl groups excluding tert-OH is 1. The molecule has 2 saturated heterocycles. The van der Waals surface area contributed by atoms with Crippen molar-refractivity contribution in [2.24, 2.45) is 0 Å². The molecule has 0 saturated carbocycles. The number of thioether (sulfide) groups is 1. The predicted molar refractivity (Wildman–Crippen MR) is 49.2 cm³/mol. The number of fused-ring (bicyclic) bond motifs is 2. The molecule has 1 N–H and O–H groups in total. The quantitative estimate of drug-likeness (QED) is 0.659. The summed E-state index contributed by atoms with van der Waals surface area (Å²) in [6, 6.07) is 0. The van der Waals surface area contributed by atoms with E-state index in [1.807, 2.05) is 0 Å². The second-order valence-corrected chi connectivity index (χ2v) is 5.63. The van der Waals surface area contributed by atoms with E-state index in [0.29, 0.717) is 0 Å². The molecule has 4 heteroatoms. The smallest absolute Gasteiger partial charge is 0.274 e. The van der Waals surface area contributed by atoms with E-state index in [2.05, 4.69) is 0 Å². The molecule has 2 rings (SSSR count). The van der Waals surface area contributed by atoms with Crippen molar-refractivity contribution < 1.29 is 13.9 Å². The van der Waals surface area contributed by atoms with Gasteiger partial charge in [-0.1, -0.05) is 6.42 Å². The van der Waals surface area contributed by atoms with Gasteiger partial charge in [0.15, 0.2) is 0 Å². The Balaban J connectivity index is 2.13. The molecule has 0 radical (unpaired) electrons. The van der Waals surface area contributed by atoms with Crippen LogP contribution in [0.25, 0.3) is 0 Å². The van der Waals surface area contributed by atoms with Crippen LogP contribution >= 0.6 is 11.8 Å². The minimum atomic E-state index is -2.85. The van der Waals surface area contributed by atoms with E-state index < -0.39 is 12.0 Å². The van der Waals surface area contributed by atoms with E-state index in [1.165, 1.54) is 0 Å². The Labute approximate surface area is 80.9 Å². The van der Waals surface area contributed by atoms with Gasteiger partial charge < -0.3 is 5.11 Å². The van der Waals surface area contributed by atoms with Crippen LogP contribution in [0, 0.1) is 0 Å². The van der Waals surface area contributed by atoms with Crippen molar-refractivity contribution in [2.45, 2.75) is 54.6 Å². The summed E-state index contributed by atoms with van der Waals surface area (Å²) in [6.07, 6.45) is 1.67. The fraction of sp³-hybridized carbons (Fsp3) is 1.00. The van der Waals surface area contributed by atoms with Crippen LogP contribution in [0.15, 0.2) is 0 Å². The largest absolute Gasteiger partial charge is 0.387 e. The third-order valence-corrected chi connectivity index (χ3v) is 4.51. The zero-order valence-corrected chi connectivity index (χ0v) is 8.20. The van der Waals surface area contributed by atoms with E-state index in [-0.39, 0.29) is 23.3 Å². The predicted octanol–water partition coefficient (Wildman–Crippen LogP) is 2.43. The van der Waals surface area contributed by atoms with Crippen molar-refractivity contribution in [3.63, 3.8) is 0 Å². The molecule has 13 heavy (non-hydrogen) atoms. The van der Waals surface area contributed by atoms with Crippen LogP contribution in [0.5, 0.6) is 0 Å². The highest BCUT2D eigenvalue weighted by molar-refractivity contribution is 8.00. The molecule has 0 aromatic rings. The lowest BCUT2D eigenvalue weighted by Crippen LogP contribution is -2.34. The molecular weight excluding hydrogens is 194 g/mol. The van der Waals surface area contributed by atoms with Crippen molar-refractivity contribution in [3.8, 4) is 0 Å². The molecular formula is C9H14F2OS. The van der Waals surface area contributed by atoms with Gasteiger partial charge in [-0.2, -0.15) is 11.8 Å². The Morgan fingerprint density at radius 3 is 2.69 bits per heavy atom. The maximum atomic E-state index is 13.2. The van der Waals surface area contributed by atoms with Crippen LogP contribution < -0.4 is 0 Å². The normalized spacial score (nSPS) is 44.1. The molecule has 0 aromatic carbocycles. The van der Waals surface area contributed by atoms with Gasteiger partial charge in [0, 0.05) is 16.9 Å². The molecule has 76 valence electrons. The number of alkyl halides is 2. The average molecular weight is 208 g/mol. The first-order chi connectivity index (χ1) is 6.08. The zero-order chi connectivity index (χ0) is 9.47. The minimum absolute atomic E-state index is 0.0749. The molecule has 0 spiro atoms. The highest BCUT2D eigenvalue weighted by atomic mass is 32.2. The van der Waals surface area contributed by atoms with E-state index >= 15 is 0 Å². The molecule has 2 heterocycles. The fourth-order valence-corrected chi connectivity index (χ4v) is 3.93. The van der Waals surface area contributed by atoms with Crippen molar-refractivity contribution in [1.29, 1.82) is 0 Å². The number of aliphatic hydroxyl groups is 1. The highest BCUT2D eigenvalue weighted by Gasteiger charge is 2.46. The second-order valence-electron chi connectivity index (χ2n) is 4.03. The lowest BCUT2D eigenvalue weighted by Gasteiger charge is -2.25. The monoisotopic (exact) mass is 208 g/mol. The molecule has 2 aliphatic heterocycles. The number of hydrogen-bond donors (Lipinski definition) is 1. The molecule has 1 nitrogen and oxygen atoms in total. The molecule has 0 aromatic heterocycles. The summed E-state index contributed by atoms with van der Waals surface area (Å²) in [5.74, 6) is -2.85. The summed E-state index contributed by atoms with van der Waals surface area (Å²) in [5.41, 5.74) is 0. The Kier molecular flexibility index (Phi) is 2.53. The van der Waals surface area contributed by atoms with Gasteiger partial charge in [-0.25, -0.2) is 8.78 Å². The molecule has 0 aliphatic carbocycles. The van der Waals surface area contributed by atoms with Crippen molar-refractivity contribution in [2.75, 3.05) is 0 Å². The minimum Gasteiger partial charge on any atom is -0.387 e. The first kappa shape index (κ1) is 9.71. The summed E-state index contributed by atoms with van der Waals surface area (Å²) in [6.45, 7) is 0. The summed E-state index contributed by atoms with van der Waals surface area (Å²) >= 11 is 1.66. The Morgan fingerprint density at radius 2 is 1.92 bits per heavy atom. The number of rotatable bonds is 0. The van der Waals surface area contributed by atoms with Crippen LogP contribution in [0.2, 0.25) is 0 Å². The van der Waals surface area contributed by atoms with Crippen LogP contribution in [-0.4, -0.2) is 27.6 Å². The number of halogens is 2. The van der Waals surface area contributed by atoms with Crippen molar-refractivity contribution >= 4 is 11.8 Å². The van der Waals surface area contributed by atoms with Gasteiger partial charge in [0.1, 0.15) is 6.10 Å². The molecule has 3 unspecified atom stereocenters. The zero-order valence-electron chi connectivity index (χ0n) is 7.38. The van der Waals surface area contributed by atoms with Crippen LogP contribution in [0.3, 0.4) is 0 Å². The molecule has 0 amide bonds. The third-order valence-electron chi connectivity index (χ3n) is 2.91. The molecule has 2 bridgehead atoms. The third kappa shape index (κ3) is 1.99. The van der Waals surface area contributed by atoms with E-state index in [4.69, 9.17) is 0 Å². The van der Waals surface area contributed by atoms with Crippen LogP contribution in [0.1, 0.15) is 32.1 Å². The van der Waals surface area contributed by atoms with E-state index in [9.17, 15) is 13.9 Å². The Bertz CT molecular complexity index is 198. The van der Waals surface area contributed by atoms with Gasteiger partial charge in [0.25, 0.3) is 5.92 Å². The standard InChI is InChI=1S/C9H14F2OS/c10-9(11)5-7-3-1-2-6(13-7)4-8(9)12/h6-8,12H,1-5H2. The van der Waals surface area contributed by atoms with Gasteiger partial charge in [0.2, 0.25) is 0 Å². The van der Waals surface area contributed by atoms with Gasteiger partial charge in [-0.3, -0.25) is 0 Å². The second kappa shape index (κ2) is 3.39. The van der Waals surface area contributed by atoms with Crippen LogP contribution in [0.4, 0.5) is 8.78 Å². The Morgan fingerprint density at radius 1 is 1.23 bits per heavy atom. The van der Waals surface area contributed by atoms with Gasteiger partial charge in [-0.05, 0) is 19.3 Å². The van der Waals surface area contributed by atoms with Gasteiger partial charge in [0.05, 0.1) is 0 Å². The topological polar surface area (TPSA) is 20.2 Å². The van der Waals surface area contributed by atoms with Gasteiger partial charge >= 0.3 is 0 Å². The summed E-state index contributed by atoms with van der Waals surface area (Å²) in [4.78, 5) is 0. The van der Waals surface area contributed by atoms with Crippen molar-refractivity contribution in [1.82, 2.24) is 0 Å². The summed E-state index contributed by atoms with van der Waals surface area (Å²) in [5, 5.41) is 9.64. The first-order valence-electron chi connectivity index (χ1n) is 4.79. The van der Waals surface area contributed by atoms with E-state index in [1.54, 1.807) is 11.8 Å². The molecule has 2 fully saturated rings. The summed E-state index contributed by atoms with van der Waals surface area (Å²) < 4.78 is 26.5. The maximum Gasteiger partial charge on any atom is 0.274 e. The molecule has 3 atom stereocenters. The lowest BCUT2D eigenvalue weighted by molar-refractivity contribution is -0.113. The highest BCUT2D eigenvalue weighted by Crippen LogP contribution is 2.45. The molecule has 2 aliphatic rings. The maximum absolute atomic E-state index is 13.2. The van der Waals surface area contributed by atoms with Crippen LogP contribution in [-0.2, 0) is 0 Å².